The third-order valence-corrected chi connectivity index (χ3v) is 3.22. The molecule has 1 aromatic carbocycles. The first-order valence-electron chi connectivity index (χ1n) is 4.86. The van der Waals surface area contributed by atoms with Crippen LogP contribution in [0.2, 0.25) is 5.02 Å². The number of aromatic nitrogens is 1. The van der Waals surface area contributed by atoms with Crippen LogP contribution < -0.4 is 5.73 Å². The first-order chi connectivity index (χ1) is 7.78. The maximum Gasteiger partial charge on any atom is 0.101 e. The van der Waals surface area contributed by atoms with Crippen LogP contribution >= 0.6 is 23.4 Å². The summed E-state index contributed by atoms with van der Waals surface area (Å²) in [4.78, 5) is 5.37. The predicted octanol–water partition coefficient (Wildman–Crippen LogP) is 3.34. The van der Waals surface area contributed by atoms with Crippen LogP contribution in [0.4, 0.5) is 0 Å². The second-order valence-corrected chi connectivity index (χ2v) is 4.80. The summed E-state index contributed by atoms with van der Waals surface area (Å²) in [7, 11) is 0. The van der Waals surface area contributed by atoms with Gasteiger partial charge in [-0.25, -0.2) is 4.98 Å². The molecule has 82 valence electrons. The fourth-order valence-electron chi connectivity index (χ4n) is 1.28. The highest BCUT2D eigenvalue weighted by Crippen LogP contribution is 2.26. The second-order valence-electron chi connectivity index (χ2n) is 3.27. The molecule has 0 spiro atoms. The molecule has 0 amide bonds. The molecule has 0 aliphatic carbocycles. The van der Waals surface area contributed by atoms with Crippen molar-refractivity contribution in [2.24, 2.45) is 5.73 Å². The Morgan fingerprint density at radius 1 is 1.25 bits per heavy atom. The van der Waals surface area contributed by atoms with Crippen molar-refractivity contribution in [1.82, 2.24) is 4.98 Å². The topological polar surface area (TPSA) is 38.9 Å². The molecule has 4 heteroatoms. The average molecular weight is 251 g/mol. The van der Waals surface area contributed by atoms with E-state index in [2.05, 4.69) is 11.1 Å². The van der Waals surface area contributed by atoms with E-state index in [-0.39, 0.29) is 0 Å². The van der Waals surface area contributed by atoms with Gasteiger partial charge < -0.3 is 5.73 Å². The van der Waals surface area contributed by atoms with E-state index in [0.717, 1.165) is 15.5 Å². The first kappa shape index (κ1) is 11.5. The molecule has 2 aromatic rings. The molecular weight excluding hydrogens is 240 g/mol. The van der Waals surface area contributed by atoms with Gasteiger partial charge in [0, 0.05) is 17.6 Å². The fourth-order valence-corrected chi connectivity index (χ4v) is 2.23. The smallest absolute Gasteiger partial charge is 0.101 e. The van der Waals surface area contributed by atoms with Crippen molar-refractivity contribution < 1.29 is 0 Å². The van der Waals surface area contributed by atoms with Gasteiger partial charge in [-0.15, -0.1) is 0 Å². The van der Waals surface area contributed by atoms with Gasteiger partial charge in [0.05, 0.1) is 5.02 Å². The predicted molar refractivity (Wildman–Crippen MR) is 67.7 cm³/mol. The summed E-state index contributed by atoms with van der Waals surface area (Å²) in [6.07, 6.45) is 1.65. The molecule has 0 aliphatic rings. The van der Waals surface area contributed by atoms with Gasteiger partial charge in [-0.3, -0.25) is 0 Å². The maximum atomic E-state index is 5.77. The number of nitrogens with two attached hydrogens (primary N) is 1. The molecule has 2 rings (SSSR count). The minimum atomic E-state index is 0.558. The van der Waals surface area contributed by atoms with Crippen LogP contribution in [0.15, 0.2) is 52.5 Å². The summed E-state index contributed by atoms with van der Waals surface area (Å²) in [6, 6.07) is 11.9. The Bertz CT molecular complexity index is 471. The van der Waals surface area contributed by atoms with Gasteiger partial charge in [0.15, 0.2) is 0 Å². The quantitative estimate of drug-likeness (QED) is 0.908. The minimum absolute atomic E-state index is 0.558. The van der Waals surface area contributed by atoms with E-state index in [4.69, 9.17) is 17.3 Å². The van der Waals surface area contributed by atoms with Crippen LogP contribution in [0.5, 0.6) is 0 Å². The summed E-state index contributed by atoms with van der Waals surface area (Å²) >= 11 is 7.37. The lowest BCUT2D eigenvalue weighted by Gasteiger charge is -2.02. The molecule has 0 radical (unpaired) electrons. The van der Waals surface area contributed by atoms with E-state index in [1.807, 2.05) is 30.3 Å². The van der Waals surface area contributed by atoms with Gasteiger partial charge in [-0.05, 0) is 29.8 Å². The summed E-state index contributed by atoms with van der Waals surface area (Å²) in [6.45, 7) is 0.558. The molecule has 0 unspecified atom stereocenters. The highest BCUT2D eigenvalue weighted by molar-refractivity contribution is 7.99. The standard InChI is InChI=1S/C12H11ClN2S/c13-10-4-5-12(15-8-10)16-11-3-1-2-9(6-11)7-14/h1-6,8H,7,14H2. The van der Waals surface area contributed by atoms with E-state index >= 15 is 0 Å². The van der Waals surface area contributed by atoms with Crippen LogP contribution in [0.25, 0.3) is 0 Å². The van der Waals surface area contributed by atoms with Crippen LogP contribution in [-0.2, 0) is 6.54 Å². The summed E-state index contributed by atoms with van der Waals surface area (Å²) in [5.41, 5.74) is 6.71. The molecule has 0 bridgehead atoms. The van der Waals surface area contributed by atoms with Gasteiger partial charge in [0.2, 0.25) is 0 Å². The van der Waals surface area contributed by atoms with Crippen LogP contribution in [0.3, 0.4) is 0 Å². The summed E-state index contributed by atoms with van der Waals surface area (Å²) in [5, 5.41) is 1.58. The summed E-state index contributed by atoms with van der Waals surface area (Å²) in [5.74, 6) is 0. The lowest BCUT2D eigenvalue weighted by atomic mass is 10.2. The van der Waals surface area contributed by atoms with E-state index in [1.54, 1.807) is 18.0 Å². The van der Waals surface area contributed by atoms with Gasteiger partial charge in [-0.1, -0.05) is 35.5 Å². The number of halogens is 1. The Morgan fingerprint density at radius 2 is 2.12 bits per heavy atom. The molecule has 0 aliphatic heterocycles. The van der Waals surface area contributed by atoms with Crippen LogP contribution in [-0.4, -0.2) is 4.98 Å². The lowest BCUT2D eigenvalue weighted by Crippen LogP contribution is -1.95. The van der Waals surface area contributed by atoms with Gasteiger partial charge in [-0.2, -0.15) is 0 Å². The van der Waals surface area contributed by atoms with E-state index in [0.29, 0.717) is 11.6 Å². The number of nitrogens with zero attached hydrogens (tertiary/aromatic N) is 1. The number of hydrogen-bond donors (Lipinski definition) is 1. The summed E-state index contributed by atoms with van der Waals surface area (Å²) < 4.78 is 0. The molecule has 0 saturated carbocycles. The Kier molecular flexibility index (Phi) is 3.83. The molecule has 16 heavy (non-hydrogen) atoms. The fraction of sp³-hybridized carbons (Fsp3) is 0.0833. The van der Waals surface area contributed by atoms with Gasteiger partial charge in [0.1, 0.15) is 5.03 Å². The molecule has 0 fully saturated rings. The van der Waals surface area contributed by atoms with Crippen molar-refractivity contribution in [3.63, 3.8) is 0 Å². The van der Waals surface area contributed by atoms with E-state index in [9.17, 15) is 0 Å². The van der Waals surface area contributed by atoms with Crippen molar-refractivity contribution in [2.75, 3.05) is 0 Å². The SMILES string of the molecule is NCc1cccc(Sc2ccc(Cl)cn2)c1. The first-order valence-corrected chi connectivity index (χ1v) is 6.06. The van der Waals surface area contributed by atoms with Crippen LogP contribution in [0, 0.1) is 0 Å². The van der Waals surface area contributed by atoms with Crippen molar-refractivity contribution in [3.8, 4) is 0 Å². The van der Waals surface area contributed by atoms with E-state index in [1.165, 1.54) is 0 Å². The third-order valence-electron chi connectivity index (χ3n) is 2.06. The number of hydrogen-bond acceptors (Lipinski definition) is 3. The highest BCUT2D eigenvalue weighted by Gasteiger charge is 1.99. The zero-order valence-electron chi connectivity index (χ0n) is 8.56. The Balaban J connectivity index is 2.16. The highest BCUT2D eigenvalue weighted by atomic mass is 35.5. The maximum absolute atomic E-state index is 5.77. The number of pyridine rings is 1. The molecule has 1 heterocycles. The lowest BCUT2D eigenvalue weighted by molar-refractivity contribution is 1.06. The van der Waals surface area contributed by atoms with Gasteiger partial charge in [0.25, 0.3) is 0 Å². The third kappa shape index (κ3) is 2.98. The zero-order chi connectivity index (χ0) is 11.4. The molecule has 1 aromatic heterocycles. The Morgan fingerprint density at radius 3 is 2.81 bits per heavy atom. The molecule has 2 N–H and O–H groups in total. The molecular formula is C12H11ClN2S. The Hall–Kier alpha value is -1.03. The normalized spacial score (nSPS) is 10.4. The van der Waals surface area contributed by atoms with Crippen molar-refractivity contribution in [1.29, 1.82) is 0 Å². The number of rotatable bonds is 3. The Labute approximate surface area is 104 Å². The molecule has 0 saturated heterocycles. The average Bonchev–Trinajstić information content (AvgIpc) is 2.32. The minimum Gasteiger partial charge on any atom is -0.326 e. The molecule has 2 nitrogen and oxygen atoms in total. The van der Waals surface area contributed by atoms with Crippen molar-refractivity contribution >= 4 is 23.4 Å². The van der Waals surface area contributed by atoms with Crippen molar-refractivity contribution in [2.45, 2.75) is 16.5 Å². The van der Waals surface area contributed by atoms with Crippen molar-refractivity contribution in [3.05, 3.63) is 53.2 Å². The van der Waals surface area contributed by atoms with Crippen LogP contribution in [0.1, 0.15) is 5.56 Å². The number of benzene rings is 1. The van der Waals surface area contributed by atoms with Gasteiger partial charge >= 0.3 is 0 Å². The zero-order valence-corrected chi connectivity index (χ0v) is 10.1. The molecule has 0 atom stereocenters. The largest absolute Gasteiger partial charge is 0.326 e. The van der Waals surface area contributed by atoms with E-state index < -0.39 is 0 Å². The monoisotopic (exact) mass is 250 g/mol. The second kappa shape index (κ2) is 5.34.